The predicted octanol–water partition coefficient (Wildman–Crippen LogP) is 4.16. The van der Waals surface area contributed by atoms with Crippen molar-refractivity contribution in [3.8, 4) is 0 Å². The van der Waals surface area contributed by atoms with Crippen molar-refractivity contribution in [1.82, 2.24) is 20.2 Å². The summed E-state index contributed by atoms with van der Waals surface area (Å²) in [6.45, 7) is 2.84. The van der Waals surface area contributed by atoms with Gasteiger partial charge in [-0.15, -0.1) is 0 Å². The highest BCUT2D eigenvalue weighted by atomic mass is 16.2. The van der Waals surface area contributed by atoms with Crippen molar-refractivity contribution in [3.05, 3.63) is 65.5 Å². The number of hydrogen-bond acceptors (Lipinski definition) is 3. The number of nitrogens with zero attached hydrogens (tertiary/aromatic N) is 2. The van der Waals surface area contributed by atoms with Gasteiger partial charge in [0.05, 0.1) is 11.0 Å². The van der Waals surface area contributed by atoms with E-state index in [2.05, 4.69) is 10.6 Å². The fourth-order valence-electron chi connectivity index (χ4n) is 4.41. The van der Waals surface area contributed by atoms with Crippen molar-refractivity contribution >= 4 is 22.8 Å². The molecule has 1 aliphatic carbocycles. The first-order chi connectivity index (χ1) is 15.6. The summed E-state index contributed by atoms with van der Waals surface area (Å²) in [6, 6.07) is 15.8. The first kappa shape index (κ1) is 22.1. The number of aromatic nitrogens is 2. The molecule has 2 N–H and O–H groups in total. The predicted molar refractivity (Wildman–Crippen MR) is 127 cm³/mol. The lowest BCUT2D eigenvalue weighted by atomic mass is 9.95. The summed E-state index contributed by atoms with van der Waals surface area (Å²) in [6.07, 6.45) is 7.25. The van der Waals surface area contributed by atoms with Crippen LogP contribution < -0.4 is 10.6 Å². The minimum Gasteiger partial charge on any atom is -0.352 e. The van der Waals surface area contributed by atoms with Crippen molar-refractivity contribution in [2.24, 2.45) is 0 Å². The molecule has 6 nitrogen and oxygen atoms in total. The maximum absolute atomic E-state index is 12.8. The third-order valence-electron chi connectivity index (χ3n) is 6.18. The summed E-state index contributed by atoms with van der Waals surface area (Å²) < 4.78 is 2.02. The van der Waals surface area contributed by atoms with Gasteiger partial charge in [0.2, 0.25) is 5.91 Å². The first-order valence-corrected chi connectivity index (χ1v) is 11.7. The van der Waals surface area contributed by atoms with E-state index in [4.69, 9.17) is 4.98 Å². The van der Waals surface area contributed by atoms with E-state index < -0.39 is 0 Å². The number of carbonyl (C=O) groups excluding carboxylic acids is 2. The average Bonchev–Trinajstić information content (AvgIpc) is 3.15. The minimum atomic E-state index is -0.0645. The van der Waals surface area contributed by atoms with E-state index in [1.807, 2.05) is 60.0 Å². The Labute approximate surface area is 189 Å². The fourth-order valence-corrected chi connectivity index (χ4v) is 4.41. The zero-order chi connectivity index (χ0) is 22.3. The van der Waals surface area contributed by atoms with Crippen molar-refractivity contribution in [3.63, 3.8) is 0 Å². The number of para-hydroxylation sites is 2. The average molecular weight is 433 g/mol. The van der Waals surface area contributed by atoms with Gasteiger partial charge < -0.3 is 15.2 Å². The fraction of sp³-hybridized carbons (Fsp3) is 0.423. The van der Waals surface area contributed by atoms with Crippen LogP contribution >= 0.6 is 0 Å². The van der Waals surface area contributed by atoms with Crippen LogP contribution in [0.15, 0.2) is 48.5 Å². The molecule has 0 bridgehead atoms. The van der Waals surface area contributed by atoms with Gasteiger partial charge in [0.15, 0.2) is 0 Å². The topological polar surface area (TPSA) is 76.0 Å². The summed E-state index contributed by atoms with van der Waals surface area (Å²) in [4.78, 5) is 29.9. The zero-order valence-electron chi connectivity index (χ0n) is 18.8. The standard InChI is InChI=1S/C26H32N4O2/c1-19-13-15-20(16-14-19)26(32)27-17-7-12-24-29-22-10-5-6-11-23(22)30(24)18-25(31)28-21-8-3-2-4-9-21/h5-6,10-11,13-16,21H,2-4,7-9,12,17-18H2,1H3,(H,27,32)(H,28,31). The second kappa shape index (κ2) is 10.4. The van der Waals surface area contributed by atoms with Crippen molar-refractivity contribution in [2.75, 3.05) is 6.54 Å². The monoisotopic (exact) mass is 432 g/mol. The normalized spacial score (nSPS) is 14.4. The molecule has 1 aliphatic rings. The summed E-state index contributed by atoms with van der Waals surface area (Å²) >= 11 is 0. The molecule has 32 heavy (non-hydrogen) atoms. The van der Waals surface area contributed by atoms with Crippen LogP contribution in [-0.2, 0) is 17.8 Å². The maximum Gasteiger partial charge on any atom is 0.251 e. The lowest BCUT2D eigenvalue weighted by Gasteiger charge is -2.23. The molecular formula is C26H32N4O2. The molecule has 0 radical (unpaired) electrons. The van der Waals surface area contributed by atoms with Crippen LogP contribution in [0.4, 0.5) is 0 Å². The highest BCUT2D eigenvalue weighted by Gasteiger charge is 2.18. The van der Waals surface area contributed by atoms with Gasteiger partial charge >= 0.3 is 0 Å². The smallest absolute Gasteiger partial charge is 0.251 e. The number of carbonyl (C=O) groups is 2. The van der Waals surface area contributed by atoms with E-state index in [1.54, 1.807) is 0 Å². The second-order valence-corrected chi connectivity index (χ2v) is 8.73. The summed E-state index contributed by atoms with van der Waals surface area (Å²) in [7, 11) is 0. The van der Waals surface area contributed by atoms with Crippen molar-refractivity contribution in [1.29, 1.82) is 0 Å². The van der Waals surface area contributed by atoms with Crippen LogP contribution in [0.2, 0.25) is 0 Å². The molecule has 4 rings (SSSR count). The number of rotatable bonds is 8. The Morgan fingerprint density at radius 1 is 1.03 bits per heavy atom. The molecule has 3 aromatic rings. The lowest BCUT2D eigenvalue weighted by Crippen LogP contribution is -2.38. The largest absolute Gasteiger partial charge is 0.352 e. The van der Waals surface area contributed by atoms with Crippen LogP contribution in [0.3, 0.4) is 0 Å². The van der Waals surface area contributed by atoms with Crippen LogP contribution in [-0.4, -0.2) is 34.0 Å². The quantitative estimate of drug-likeness (QED) is 0.525. The second-order valence-electron chi connectivity index (χ2n) is 8.73. The molecule has 0 atom stereocenters. The van der Waals surface area contributed by atoms with Gasteiger partial charge in [-0.2, -0.15) is 0 Å². The summed E-state index contributed by atoms with van der Waals surface area (Å²) in [5.74, 6) is 0.869. The number of nitrogens with one attached hydrogen (secondary N) is 2. The molecule has 0 spiro atoms. The SMILES string of the molecule is Cc1ccc(C(=O)NCCCc2nc3ccccc3n2CC(=O)NC2CCCCC2)cc1. The Hall–Kier alpha value is -3.15. The molecule has 0 saturated heterocycles. The first-order valence-electron chi connectivity index (χ1n) is 11.7. The molecule has 2 amide bonds. The minimum absolute atomic E-state index is 0.0500. The Bertz CT molecular complexity index is 1070. The van der Waals surface area contributed by atoms with Gasteiger partial charge in [-0.05, 0) is 50.5 Å². The highest BCUT2D eigenvalue weighted by Crippen LogP contribution is 2.19. The van der Waals surface area contributed by atoms with Crippen molar-refractivity contribution in [2.45, 2.75) is 64.5 Å². The van der Waals surface area contributed by atoms with E-state index in [-0.39, 0.29) is 18.4 Å². The Balaban J connectivity index is 1.37. The van der Waals surface area contributed by atoms with E-state index in [1.165, 1.54) is 19.3 Å². The van der Waals surface area contributed by atoms with Crippen LogP contribution in [0, 0.1) is 6.92 Å². The molecule has 1 saturated carbocycles. The van der Waals surface area contributed by atoms with E-state index in [9.17, 15) is 9.59 Å². The Morgan fingerprint density at radius 2 is 1.78 bits per heavy atom. The number of aryl methyl sites for hydroxylation is 2. The number of benzene rings is 2. The number of amides is 2. The molecule has 168 valence electrons. The van der Waals surface area contributed by atoms with Crippen molar-refractivity contribution < 1.29 is 9.59 Å². The molecule has 0 unspecified atom stereocenters. The maximum atomic E-state index is 12.8. The van der Waals surface area contributed by atoms with Crippen LogP contribution in [0.25, 0.3) is 11.0 Å². The Kier molecular flexibility index (Phi) is 7.20. The number of imidazole rings is 1. The van der Waals surface area contributed by atoms with E-state index in [0.29, 0.717) is 24.6 Å². The summed E-state index contributed by atoms with van der Waals surface area (Å²) in [5, 5.41) is 6.19. The van der Waals surface area contributed by atoms with Gasteiger partial charge in [0.25, 0.3) is 5.91 Å². The zero-order valence-corrected chi connectivity index (χ0v) is 18.8. The third kappa shape index (κ3) is 5.55. The number of hydrogen-bond donors (Lipinski definition) is 2. The van der Waals surface area contributed by atoms with E-state index in [0.717, 1.165) is 41.7 Å². The van der Waals surface area contributed by atoms with Gasteiger partial charge in [-0.25, -0.2) is 4.98 Å². The Morgan fingerprint density at radius 3 is 2.56 bits per heavy atom. The molecule has 1 fully saturated rings. The van der Waals surface area contributed by atoms with Gasteiger partial charge in [0.1, 0.15) is 12.4 Å². The van der Waals surface area contributed by atoms with Crippen LogP contribution in [0.1, 0.15) is 60.3 Å². The molecular weight excluding hydrogens is 400 g/mol. The number of fused-ring (bicyclic) bond motifs is 1. The molecule has 1 aromatic heterocycles. The molecule has 0 aliphatic heterocycles. The molecule has 1 heterocycles. The van der Waals surface area contributed by atoms with Crippen LogP contribution in [0.5, 0.6) is 0 Å². The third-order valence-corrected chi connectivity index (χ3v) is 6.18. The lowest BCUT2D eigenvalue weighted by molar-refractivity contribution is -0.122. The molecule has 2 aromatic carbocycles. The van der Waals surface area contributed by atoms with Gasteiger partial charge in [-0.1, -0.05) is 49.1 Å². The molecule has 6 heteroatoms. The van der Waals surface area contributed by atoms with E-state index >= 15 is 0 Å². The highest BCUT2D eigenvalue weighted by molar-refractivity contribution is 5.94. The van der Waals surface area contributed by atoms with Gasteiger partial charge in [-0.3, -0.25) is 9.59 Å². The van der Waals surface area contributed by atoms with Gasteiger partial charge in [0, 0.05) is 24.6 Å². The summed E-state index contributed by atoms with van der Waals surface area (Å²) in [5.41, 5.74) is 3.68.